The molecule has 1 unspecified atom stereocenters. The molecule has 1 fully saturated rings. The van der Waals surface area contributed by atoms with Crippen molar-refractivity contribution in [3.05, 3.63) is 35.6 Å². The fourth-order valence-electron chi connectivity index (χ4n) is 1.94. The lowest BCUT2D eigenvalue weighted by atomic mass is 10.2. The van der Waals surface area contributed by atoms with Gasteiger partial charge in [0.1, 0.15) is 11.1 Å². The smallest absolute Gasteiger partial charge is 0.224 e. The van der Waals surface area contributed by atoms with Crippen LogP contribution in [0, 0.1) is 5.82 Å². The van der Waals surface area contributed by atoms with Crippen molar-refractivity contribution in [3.63, 3.8) is 0 Å². The van der Waals surface area contributed by atoms with Gasteiger partial charge in [-0.3, -0.25) is 4.79 Å². The summed E-state index contributed by atoms with van der Waals surface area (Å²) in [5.74, 6) is -0.735. The fraction of sp³-hybridized carbons (Fsp3) is 0.364. The second kappa shape index (κ2) is 4.66. The summed E-state index contributed by atoms with van der Waals surface area (Å²) in [7, 11) is -3.73. The average Bonchev–Trinajstić information content (AvgIpc) is 2.63. The molecule has 18 heavy (non-hydrogen) atoms. The molecular formula is C11H13FN2O3S. The van der Waals surface area contributed by atoms with Crippen LogP contribution in [0.15, 0.2) is 24.3 Å². The molecule has 0 radical (unpaired) electrons. The Balaban J connectivity index is 2.13. The first kappa shape index (κ1) is 13.0. The Morgan fingerprint density at radius 2 is 2.06 bits per heavy atom. The van der Waals surface area contributed by atoms with E-state index >= 15 is 0 Å². The Morgan fingerprint density at radius 1 is 1.39 bits per heavy atom. The molecular weight excluding hydrogens is 259 g/mol. The van der Waals surface area contributed by atoms with Gasteiger partial charge in [-0.1, -0.05) is 18.2 Å². The normalized spacial score (nSPS) is 20.4. The van der Waals surface area contributed by atoms with Gasteiger partial charge in [-0.05, 0) is 6.07 Å². The number of hydrogen-bond acceptors (Lipinski definition) is 3. The van der Waals surface area contributed by atoms with E-state index in [0.29, 0.717) is 5.56 Å². The number of likely N-dealkylation sites (tertiary alicyclic amines) is 1. The molecule has 2 N–H and O–H groups in total. The van der Waals surface area contributed by atoms with Gasteiger partial charge in [0.05, 0.1) is 0 Å². The van der Waals surface area contributed by atoms with Crippen molar-refractivity contribution in [2.45, 2.75) is 18.2 Å². The van der Waals surface area contributed by atoms with Crippen LogP contribution in [0.4, 0.5) is 4.39 Å². The molecule has 5 nitrogen and oxygen atoms in total. The lowest BCUT2D eigenvalue weighted by Crippen LogP contribution is -2.32. The maximum absolute atomic E-state index is 13.4. The third-order valence-electron chi connectivity index (χ3n) is 2.96. The minimum absolute atomic E-state index is 0.0198. The molecule has 0 spiro atoms. The van der Waals surface area contributed by atoms with Crippen LogP contribution < -0.4 is 5.14 Å². The molecule has 1 atom stereocenters. The molecule has 7 heteroatoms. The largest absolute Gasteiger partial charge is 0.337 e. The van der Waals surface area contributed by atoms with Gasteiger partial charge in [-0.25, -0.2) is 17.9 Å². The maximum atomic E-state index is 13.4. The highest BCUT2D eigenvalue weighted by atomic mass is 32.2. The van der Waals surface area contributed by atoms with E-state index in [2.05, 4.69) is 0 Å². The lowest BCUT2D eigenvalue weighted by Gasteiger charge is -2.16. The Bertz CT molecular complexity index is 573. The molecule has 0 saturated carbocycles. The first-order chi connectivity index (χ1) is 8.38. The number of rotatable bonds is 3. The number of nitrogens with two attached hydrogens (primary N) is 1. The lowest BCUT2D eigenvalue weighted by molar-refractivity contribution is -0.128. The van der Waals surface area contributed by atoms with Crippen LogP contribution >= 0.6 is 0 Å². The summed E-state index contributed by atoms with van der Waals surface area (Å²) in [4.78, 5) is 12.9. The van der Waals surface area contributed by atoms with Crippen LogP contribution in [0.5, 0.6) is 0 Å². The molecule has 1 amide bonds. The number of sulfonamides is 1. The molecule has 1 heterocycles. The Kier molecular flexibility index (Phi) is 3.36. The number of carbonyl (C=O) groups is 1. The van der Waals surface area contributed by atoms with E-state index in [9.17, 15) is 17.6 Å². The van der Waals surface area contributed by atoms with Crippen molar-refractivity contribution in [2.75, 3.05) is 6.54 Å². The SMILES string of the molecule is NS(=O)(=O)C1CC(=O)N(Cc2ccccc2F)C1. The van der Waals surface area contributed by atoms with Gasteiger partial charge >= 0.3 is 0 Å². The molecule has 1 aliphatic heterocycles. The number of carbonyl (C=O) groups excluding carboxylic acids is 1. The van der Waals surface area contributed by atoms with Crippen molar-refractivity contribution >= 4 is 15.9 Å². The van der Waals surface area contributed by atoms with E-state index in [0.717, 1.165) is 0 Å². The first-order valence-corrected chi connectivity index (χ1v) is 7.01. The van der Waals surface area contributed by atoms with E-state index < -0.39 is 21.1 Å². The highest BCUT2D eigenvalue weighted by Crippen LogP contribution is 2.20. The first-order valence-electron chi connectivity index (χ1n) is 5.40. The van der Waals surface area contributed by atoms with Crippen molar-refractivity contribution in [1.82, 2.24) is 4.90 Å². The third kappa shape index (κ3) is 2.68. The molecule has 0 aromatic heterocycles. The molecule has 1 aromatic carbocycles. The average molecular weight is 272 g/mol. The number of benzene rings is 1. The van der Waals surface area contributed by atoms with Gasteiger partial charge in [0.2, 0.25) is 15.9 Å². The summed E-state index contributed by atoms with van der Waals surface area (Å²) < 4.78 is 35.8. The quantitative estimate of drug-likeness (QED) is 0.854. The molecule has 0 aliphatic carbocycles. The van der Waals surface area contributed by atoms with Crippen LogP contribution in [-0.4, -0.2) is 31.0 Å². The summed E-state index contributed by atoms with van der Waals surface area (Å²) in [6, 6.07) is 6.08. The predicted octanol–water partition coefficient (Wildman–Crippen LogP) is 0.215. The number of primary sulfonamides is 1. The van der Waals surface area contributed by atoms with Crippen LogP contribution in [0.3, 0.4) is 0 Å². The van der Waals surface area contributed by atoms with Crippen molar-refractivity contribution in [1.29, 1.82) is 0 Å². The molecule has 0 bridgehead atoms. The second-order valence-electron chi connectivity index (χ2n) is 4.28. The van der Waals surface area contributed by atoms with Gasteiger partial charge in [-0.2, -0.15) is 0 Å². The number of amides is 1. The number of hydrogen-bond donors (Lipinski definition) is 1. The molecule has 98 valence electrons. The van der Waals surface area contributed by atoms with Crippen molar-refractivity contribution in [3.8, 4) is 0 Å². The second-order valence-corrected chi connectivity index (χ2v) is 6.13. The number of nitrogens with zero attached hydrogens (tertiary/aromatic N) is 1. The molecule has 1 saturated heterocycles. The Hall–Kier alpha value is -1.47. The molecule has 1 aromatic rings. The minimum atomic E-state index is -3.73. The van der Waals surface area contributed by atoms with E-state index in [1.165, 1.54) is 11.0 Å². The third-order valence-corrected chi connectivity index (χ3v) is 4.21. The van der Waals surface area contributed by atoms with Crippen LogP contribution in [0.25, 0.3) is 0 Å². The standard InChI is InChI=1S/C11H13FN2O3S/c12-10-4-2-1-3-8(10)6-14-7-9(5-11(14)15)18(13,16)17/h1-4,9H,5-7H2,(H2,13,16,17). The van der Waals surface area contributed by atoms with E-state index in [4.69, 9.17) is 5.14 Å². The van der Waals surface area contributed by atoms with E-state index in [1.54, 1.807) is 18.2 Å². The summed E-state index contributed by atoms with van der Waals surface area (Å²) in [6.45, 7) is 0.0868. The van der Waals surface area contributed by atoms with E-state index in [-0.39, 0.29) is 25.4 Å². The number of halogens is 1. The van der Waals surface area contributed by atoms with Gasteiger partial charge < -0.3 is 4.90 Å². The Morgan fingerprint density at radius 3 is 2.61 bits per heavy atom. The fourth-order valence-corrected chi connectivity index (χ4v) is 2.70. The monoisotopic (exact) mass is 272 g/mol. The zero-order valence-electron chi connectivity index (χ0n) is 9.54. The van der Waals surface area contributed by atoms with Crippen LogP contribution in [0.1, 0.15) is 12.0 Å². The van der Waals surface area contributed by atoms with Gasteiger partial charge in [0, 0.05) is 25.1 Å². The zero-order chi connectivity index (χ0) is 13.3. The van der Waals surface area contributed by atoms with Crippen LogP contribution in [-0.2, 0) is 21.4 Å². The molecule has 2 rings (SSSR count). The highest BCUT2D eigenvalue weighted by Gasteiger charge is 2.36. The van der Waals surface area contributed by atoms with Gasteiger partial charge in [0.25, 0.3) is 0 Å². The summed E-state index contributed by atoms with van der Waals surface area (Å²) in [6.07, 6.45) is -0.132. The van der Waals surface area contributed by atoms with Crippen molar-refractivity contribution in [2.24, 2.45) is 5.14 Å². The van der Waals surface area contributed by atoms with Crippen LogP contribution in [0.2, 0.25) is 0 Å². The van der Waals surface area contributed by atoms with E-state index in [1.807, 2.05) is 0 Å². The predicted molar refractivity (Wildman–Crippen MR) is 63.3 cm³/mol. The summed E-state index contributed by atoms with van der Waals surface area (Å²) >= 11 is 0. The van der Waals surface area contributed by atoms with Gasteiger partial charge in [-0.15, -0.1) is 0 Å². The summed E-state index contributed by atoms with van der Waals surface area (Å²) in [5.41, 5.74) is 0.362. The molecule has 1 aliphatic rings. The minimum Gasteiger partial charge on any atom is -0.337 e. The van der Waals surface area contributed by atoms with Crippen molar-refractivity contribution < 1.29 is 17.6 Å². The van der Waals surface area contributed by atoms with Gasteiger partial charge in [0.15, 0.2) is 0 Å². The zero-order valence-corrected chi connectivity index (χ0v) is 10.4. The highest BCUT2D eigenvalue weighted by molar-refractivity contribution is 7.89. The Labute approximate surface area is 104 Å². The maximum Gasteiger partial charge on any atom is 0.224 e. The topological polar surface area (TPSA) is 80.5 Å². The summed E-state index contributed by atoms with van der Waals surface area (Å²) in [5, 5.41) is 4.12.